The van der Waals surface area contributed by atoms with E-state index in [4.69, 9.17) is 75.8 Å². The topological polar surface area (TPSA) is 712 Å². The van der Waals surface area contributed by atoms with Gasteiger partial charge in [-0.1, -0.05) is 0 Å². The van der Waals surface area contributed by atoms with Crippen molar-refractivity contribution in [3.8, 4) is 0 Å². The molecule has 0 spiro atoms. The third-order valence-electron chi connectivity index (χ3n) is 19.1. The van der Waals surface area contributed by atoms with Gasteiger partial charge < -0.3 is 214 Å². The molecule has 0 aliphatic carbocycles. The summed E-state index contributed by atoms with van der Waals surface area (Å²) >= 11 is 0. The van der Waals surface area contributed by atoms with E-state index in [9.17, 15) is 137 Å². The van der Waals surface area contributed by atoms with Crippen LogP contribution in [0.15, 0.2) is 0 Å². The predicted octanol–water partition coefficient (Wildman–Crippen LogP) is -17.6. The van der Waals surface area contributed by atoms with Gasteiger partial charge in [0.15, 0.2) is 50.3 Å². The zero-order valence-electron chi connectivity index (χ0n) is 55.9. The summed E-state index contributed by atoms with van der Waals surface area (Å²) in [7, 11) is 0. The number of carbonyl (C=O) groups is 2. The van der Waals surface area contributed by atoms with Crippen molar-refractivity contribution in [2.24, 2.45) is 0 Å². The van der Waals surface area contributed by atoms with Gasteiger partial charge in [0.05, 0.1) is 70.6 Å². The molecule has 0 unspecified atom stereocenters. The van der Waals surface area contributed by atoms with E-state index in [1.165, 1.54) is 20.8 Å². The SMILES string of the molecule is CC(=O)N[C@H]1[C@H](OC[C@@H](O)[C@H](O)[C@H](O[C@@H]2O[C@H](CO)[C@H](O)[C@H](O[C@H]3O[C@H](CO)[C@H](O)[C@H](O)[C@H]3O)[C@H]2O[C@@H]2O[C@@H](C)[C@@H](O)[C@@H](O)[C@@H]2O)[C@H](CO)NC(C)=O)O[C@H](CO)[C@@H](O[C@@H]2O[C@H](CO)[C@H](O)[C@H](O[C@H]3O[C@H](CO)[C@H](O)[C@H](O)[C@H]3O)[C@H]2O[C@@H]2O[C@@H](C)[C@@H](O)[C@@H](O)[C@@H]2O)[C@@H]1O[C@@H]1O[C@@H](C)[C@@H](O)[C@@H](O)[C@@H]1O. The zero-order chi connectivity index (χ0) is 76.2. The molecule has 27 N–H and O–H groups in total. The quantitative estimate of drug-likeness (QED) is 0.0346. The lowest BCUT2D eigenvalue weighted by molar-refractivity contribution is -0.408. The highest BCUT2D eigenvalue weighted by Gasteiger charge is 2.61. The van der Waals surface area contributed by atoms with E-state index in [0.717, 1.165) is 13.8 Å². The van der Waals surface area contributed by atoms with Gasteiger partial charge in [-0.2, -0.15) is 0 Å². The summed E-state index contributed by atoms with van der Waals surface area (Å²) in [6.45, 7) is -2.49. The lowest BCUT2D eigenvalue weighted by atomic mass is 9.94. The molecule has 45 heteroatoms. The van der Waals surface area contributed by atoms with Crippen molar-refractivity contribution in [2.75, 3.05) is 46.2 Å². The lowest BCUT2D eigenvalue weighted by Gasteiger charge is -2.52. The van der Waals surface area contributed by atoms with Gasteiger partial charge in [-0.3, -0.25) is 9.59 Å². The summed E-state index contributed by atoms with van der Waals surface area (Å²) in [6.07, 6.45) is -85.9. The highest BCUT2D eigenvalue weighted by Crippen LogP contribution is 2.40. The second kappa shape index (κ2) is 37.3. The highest BCUT2D eigenvalue weighted by atomic mass is 16.8. The number of rotatable bonds is 28. The van der Waals surface area contributed by atoms with Crippen LogP contribution in [0.25, 0.3) is 0 Å². The molecule has 0 saturated carbocycles. The summed E-state index contributed by atoms with van der Waals surface area (Å²) in [4.78, 5) is 26.3. The standard InChI is InChI=1S/C58H100N2O43/c1-13-26(70)34(78)39(83)52(89-13)99-46-25(60-17(5)68)51(96-24(11-66)45(46)98-58-50(103-54-41(85)36(80)28(72)15(3)91-54)48(33(77)23(10-65)95-58)101-56-43(87)38(82)31(75)21(8-63)93-56)88-12-19(69)29(73)44(18(6-61)59-16(4)67)97-57-49(102-53-40(84)35(79)27(71)14(2)90-53)47(32(76)22(9-64)94-57)100-55-42(86)37(81)30(74)20(7-62)92-55/h13-15,18-58,61-66,69-87H,6-12H2,1-5H3,(H,59,67)(H,60,68)/t13-,14-,15-,18-,19+,20+,21+,22+,23+,24+,25+,26+,27+,28+,29-,30-,31-,32-,33-,34+,35+,36+,37-,38-,39-,40-,41-,42+,43+,44+,45+,46+,47-,48-,49+,50+,51+,52-,53-,54-,55+,56+,57-,58-/m0/s1. The Morgan fingerprint density at radius 1 is 0.350 bits per heavy atom. The third-order valence-corrected chi connectivity index (χ3v) is 19.1. The first-order chi connectivity index (χ1) is 48.6. The first-order valence-corrected chi connectivity index (χ1v) is 33.1. The summed E-state index contributed by atoms with van der Waals surface area (Å²) in [6, 6.07) is -3.90. The van der Waals surface area contributed by atoms with Crippen molar-refractivity contribution < 1.29 is 213 Å². The Morgan fingerprint density at radius 2 is 0.670 bits per heavy atom. The van der Waals surface area contributed by atoms with Crippen LogP contribution in [0.4, 0.5) is 0 Å². The van der Waals surface area contributed by atoms with Crippen LogP contribution in [0.3, 0.4) is 0 Å². The first-order valence-electron chi connectivity index (χ1n) is 33.1. The molecule has 2 amide bonds. The second-order valence-electron chi connectivity index (χ2n) is 26.4. The van der Waals surface area contributed by atoms with E-state index >= 15 is 0 Å². The molecular weight excluding hydrogens is 1410 g/mol. The van der Waals surface area contributed by atoms with Gasteiger partial charge in [0.2, 0.25) is 11.8 Å². The molecule has 103 heavy (non-hydrogen) atoms. The molecule has 0 aromatic rings. The third kappa shape index (κ3) is 19.0. The number of aliphatic hydroxyl groups excluding tert-OH is 25. The molecule has 0 bridgehead atoms. The van der Waals surface area contributed by atoms with E-state index in [0.29, 0.717) is 0 Å². The van der Waals surface area contributed by atoms with Gasteiger partial charge in [0, 0.05) is 13.8 Å². The number of amides is 2. The summed E-state index contributed by atoms with van der Waals surface area (Å²) in [5.74, 6) is -1.95. The van der Waals surface area contributed by atoms with Gasteiger partial charge in [0.1, 0.15) is 195 Å². The Hall–Kier alpha value is -2.70. The molecular formula is C58H100N2O43. The zero-order valence-corrected chi connectivity index (χ0v) is 55.9. The van der Waals surface area contributed by atoms with Crippen molar-refractivity contribution >= 4 is 11.8 Å². The van der Waals surface area contributed by atoms with Crippen LogP contribution < -0.4 is 10.6 Å². The van der Waals surface area contributed by atoms with Gasteiger partial charge in [-0.05, 0) is 20.8 Å². The van der Waals surface area contributed by atoms with E-state index in [-0.39, 0.29) is 0 Å². The molecule has 8 fully saturated rings. The molecule has 0 aromatic carbocycles. The van der Waals surface area contributed by atoms with Gasteiger partial charge in [-0.25, -0.2) is 0 Å². The molecule has 8 heterocycles. The van der Waals surface area contributed by atoms with Gasteiger partial charge in [-0.15, -0.1) is 0 Å². The maximum atomic E-state index is 13.5. The van der Waals surface area contributed by atoms with Crippen LogP contribution in [-0.2, 0) is 85.4 Å². The Balaban J connectivity index is 1.16. The minimum atomic E-state index is -2.56. The molecule has 0 radical (unpaired) electrons. The minimum absolute atomic E-state index is 0.926. The Labute approximate surface area is 585 Å². The van der Waals surface area contributed by atoms with Crippen LogP contribution in [-0.4, -0.2) is 456 Å². The van der Waals surface area contributed by atoms with Gasteiger partial charge in [0.25, 0.3) is 0 Å². The lowest BCUT2D eigenvalue weighted by Crippen LogP contribution is -2.71. The van der Waals surface area contributed by atoms with Crippen molar-refractivity contribution in [1.29, 1.82) is 0 Å². The molecule has 8 aliphatic heterocycles. The number of hydrogen-bond donors (Lipinski definition) is 27. The second-order valence-corrected chi connectivity index (χ2v) is 26.4. The number of hydrogen-bond acceptors (Lipinski definition) is 43. The smallest absolute Gasteiger partial charge is 0.217 e. The Kier molecular flexibility index (Phi) is 31.1. The Morgan fingerprint density at radius 3 is 1.05 bits per heavy atom. The molecule has 8 aliphatic rings. The van der Waals surface area contributed by atoms with E-state index in [1.807, 2.05) is 0 Å². The predicted molar refractivity (Wildman–Crippen MR) is 318 cm³/mol. The maximum Gasteiger partial charge on any atom is 0.217 e. The largest absolute Gasteiger partial charge is 0.394 e. The number of carbonyl (C=O) groups excluding carboxylic acids is 2. The number of ether oxygens (including phenoxy) is 16. The maximum absolute atomic E-state index is 13.5. The normalized spacial score (nSPS) is 49.1. The highest BCUT2D eigenvalue weighted by molar-refractivity contribution is 5.73. The van der Waals surface area contributed by atoms with E-state index < -0.39 is 328 Å². The number of nitrogens with one attached hydrogen (secondary N) is 2. The molecule has 0 aromatic heterocycles. The fourth-order valence-corrected chi connectivity index (χ4v) is 13.0. The summed E-state index contributed by atoms with van der Waals surface area (Å²) in [5.41, 5.74) is 0. The van der Waals surface area contributed by atoms with Crippen molar-refractivity contribution in [3.63, 3.8) is 0 Å². The molecule has 44 atom stereocenters. The minimum Gasteiger partial charge on any atom is -0.394 e. The van der Waals surface area contributed by atoms with E-state index in [1.54, 1.807) is 0 Å². The summed E-state index contributed by atoms with van der Waals surface area (Å²) in [5, 5.41) is 280. The van der Waals surface area contributed by atoms with Crippen molar-refractivity contribution in [3.05, 3.63) is 0 Å². The molecule has 8 rings (SSSR count). The van der Waals surface area contributed by atoms with Gasteiger partial charge >= 0.3 is 0 Å². The molecule has 8 saturated heterocycles. The van der Waals surface area contributed by atoms with Crippen molar-refractivity contribution in [1.82, 2.24) is 10.6 Å². The van der Waals surface area contributed by atoms with Crippen LogP contribution in [0.2, 0.25) is 0 Å². The van der Waals surface area contributed by atoms with Crippen molar-refractivity contribution in [2.45, 2.75) is 305 Å². The van der Waals surface area contributed by atoms with Crippen LogP contribution >= 0.6 is 0 Å². The first kappa shape index (κ1) is 85.9. The molecule has 45 nitrogen and oxygen atoms in total. The average Bonchev–Trinajstić information content (AvgIpc) is 0.765. The average molecular weight is 1510 g/mol. The van der Waals surface area contributed by atoms with Crippen LogP contribution in [0.5, 0.6) is 0 Å². The fourth-order valence-electron chi connectivity index (χ4n) is 13.0. The van der Waals surface area contributed by atoms with E-state index in [2.05, 4.69) is 10.6 Å². The Bertz CT molecular complexity index is 2600. The summed E-state index contributed by atoms with van der Waals surface area (Å²) < 4.78 is 95.7. The number of aliphatic hydroxyl groups is 25. The van der Waals surface area contributed by atoms with Crippen LogP contribution in [0.1, 0.15) is 34.6 Å². The van der Waals surface area contributed by atoms with Crippen LogP contribution in [0, 0.1) is 0 Å². The monoisotopic (exact) mass is 1510 g/mol. The fraction of sp³-hybridized carbons (Fsp3) is 0.966. The molecule has 600 valence electrons.